The molecule has 4 rings (SSSR count). The molecule has 0 radical (unpaired) electrons. The van der Waals surface area contributed by atoms with Crippen LogP contribution in [0.4, 0.5) is 18.9 Å². The third-order valence-electron chi connectivity index (χ3n) is 5.31. The number of hydrogen-bond acceptors (Lipinski definition) is 4. The molecule has 160 valence electrons. The Hall–Kier alpha value is -3.13. The molecule has 31 heavy (non-hydrogen) atoms. The number of fused-ring (bicyclic) bond motifs is 1. The highest BCUT2D eigenvalue weighted by atomic mass is 32.1. The molecule has 2 heterocycles. The molecule has 1 aliphatic heterocycles. The van der Waals surface area contributed by atoms with Gasteiger partial charge in [-0.3, -0.25) is 9.79 Å². The summed E-state index contributed by atoms with van der Waals surface area (Å²) in [5.74, 6) is -0.415. The summed E-state index contributed by atoms with van der Waals surface area (Å²) in [4.78, 5) is 19.4. The summed E-state index contributed by atoms with van der Waals surface area (Å²) in [6.45, 7) is 0.786. The number of para-hydroxylation sites is 1. The van der Waals surface area contributed by atoms with Gasteiger partial charge in [-0.05, 0) is 41.8 Å². The van der Waals surface area contributed by atoms with E-state index >= 15 is 0 Å². The number of aliphatic imine (C=N–C) groups is 1. The van der Waals surface area contributed by atoms with Gasteiger partial charge < -0.3 is 10.2 Å². The van der Waals surface area contributed by atoms with Gasteiger partial charge in [-0.15, -0.1) is 0 Å². The number of carbonyl (C=O) groups excluding carboxylic acids is 1. The summed E-state index contributed by atoms with van der Waals surface area (Å²) < 4.78 is 38.2. The molecule has 0 spiro atoms. The summed E-state index contributed by atoms with van der Waals surface area (Å²) in [7, 11) is 1.96. The number of benzodiazepines with no additional fused rings is 1. The van der Waals surface area contributed by atoms with Crippen LogP contribution in [-0.2, 0) is 6.18 Å². The van der Waals surface area contributed by atoms with E-state index in [2.05, 4.69) is 15.6 Å². The average molecular weight is 443 g/mol. The van der Waals surface area contributed by atoms with Crippen molar-refractivity contribution < 1.29 is 18.0 Å². The minimum atomic E-state index is -4.43. The number of nitrogens with zero attached hydrogens (tertiary/aromatic N) is 2. The molecule has 1 amide bonds. The quantitative estimate of drug-likeness (QED) is 0.626. The molecule has 4 nitrogen and oxygen atoms in total. The van der Waals surface area contributed by atoms with Gasteiger partial charge in [-0.1, -0.05) is 18.2 Å². The molecular weight excluding hydrogens is 423 g/mol. The maximum atomic E-state index is 12.7. The number of alkyl halides is 3. The zero-order chi connectivity index (χ0) is 22.0. The van der Waals surface area contributed by atoms with Crippen LogP contribution in [0.3, 0.4) is 0 Å². The molecule has 3 aromatic rings. The average Bonchev–Trinajstić information content (AvgIpc) is 3.25. The van der Waals surface area contributed by atoms with Crippen LogP contribution in [0, 0.1) is 0 Å². The number of nitrogens with one attached hydrogen (secondary N) is 1. The van der Waals surface area contributed by atoms with E-state index in [4.69, 9.17) is 4.99 Å². The molecule has 2 aromatic carbocycles. The molecule has 8 heteroatoms. The van der Waals surface area contributed by atoms with Crippen LogP contribution in [-0.4, -0.2) is 37.8 Å². The SMILES string of the molecule is CN1c2ccccc2C(c2ccsc2)=NCC1CNC(=O)c1ccc(C(F)(F)F)cc1. The molecule has 0 saturated heterocycles. The third-order valence-corrected chi connectivity index (χ3v) is 6.00. The van der Waals surface area contributed by atoms with E-state index in [1.807, 2.05) is 42.8 Å². The van der Waals surface area contributed by atoms with Gasteiger partial charge in [0.1, 0.15) is 0 Å². The number of halogens is 3. The molecule has 0 aliphatic carbocycles. The lowest BCUT2D eigenvalue weighted by molar-refractivity contribution is -0.137. The summed E-state index contributed by atoms with van der Waals surface area (Å²) in [6.07, 6.45) is -4.43. The van der Waals surface area contributed by atoms with Gasteiger partial charge in [0, 0.05) is 41.4 Å². The first-order chi connectivity index (χ1) is 14.8. The van der Waals surface area contributed by atoms with Crippen molar-refractivity contribution in [2.75, 3.05) is 25.0 Å². The second kappa shape index (κ2) is 8.55. The molecule has 1 N–H and O–H groups in total. The molecule has 1 atom stereocenters. The lowest BCUT2D eigenvalue weighted by Gasteiger charge is -2.28. The van der Waals surface area contributed by atoms with Crippen molar-refractivity contribution in [3.63, 3.8) is 0 Å². The normalized spacial score (nSPS) is 16.3. The molecule has 0 fully saturated rings. The summed E-state index contributed by atoms with van der Waals surface area (Å²) in [6, 6.07) is 14.1. The van der Waals surface area contributed by atoms with Gasteiger partial charge in [-0.2, -0.15) is 24.5 Å². The first-order valence-corrected chi connectivity index (χ1v) is 10.6. The zero-order valence-electron chi connectivity index (χ0n) is 16.7. The smallest absolute Gasteiger partial charge is 0.367 e. The largest absolute Gasteiger partial charge is 0.416 e. The van der Waals surface area contributed by atoms with Crippen LogP contribution in [0.25, 0.3) is 0 Å². The van der Waals surface area contributed by atoms with Crippen LogP contribution in [0.1, 0.15) is 27.0 Å². The molecule has 1 unspecified atom stereocenters. The molecule has 0 bridgehead atoms. The van der Waals surface area contributed by atoms with Crippen LogP contribution in [0.2, 0.25) is 0 Å². The van der Waals surface area contributed by atoms with Crippen molar-refractivity contribution in [2.24, 2.45) is 4.99 Å². The minimum absolute atomic E-state index is 0.101. The predicted octanol–water partition coefficient (Wildman–Crippen LogP) is 4.85. The third kappa shape index (κ3) is 4.49. The summed E-state index contributed by atoms with van der Waals surface area (Å²) in [5, 5.41) is 6.91. The standard InChI is InChI=1S/C23H20F3N3OS/c1-29-18(13-28-22(30)15-6-8-17(9-7-15)23(24,25)26)12-27-21(16-10-11-31-14-16)19-4-2-3-5-20(19)29/h2-11,14,18H,12-13H2,1H3,(H,28,30). The Morgan fingerprint density at radius 3 is 2.58 bits per heavy atom. The first kappa shape index (κ1) is 21.1. The van der Waals surface area contributed by atoms with Crippen molar-refractivity contribution in [2.45, 2.75) is 12.2 Å². The van der Waals surface area contributed by atoms with E-state index in [-0.39, 0.29) is 11.6 Å². The van der Waals surface area contributed by atoms with Gasteiger partial charge in [0.15, 0.2) is 0 Å². The van der Waals surface area contributed by atoms with E-state index in [9.17, 15) is 18.0 Å². The Bertz CT molecular complexity index is 1090. The number of rotatable bonds is 4. The van der Waals surface area contributed by atoms with E-state index < -0.39 is 17.6 Å². The number of hydrogen-bond donors (Lipinski definition) is 1. The monoisotopic (exact) mass is 443 g/mol. The van der Waals surface area contributed by atoms with Crippen molar-refractivity contribution >= 4 is 28.6 Å². The predicted molar refractivity (Wildman–Crippen MR) is 117 cm³/mol. The fraction of sp³-hybridized carbons (Fsp3) is 0.217. The Morgan fingerprint density at radius 1 is 1.16 bits per heavy atom. The minimum Gasteiger partial charge on any atom is -0.367 e. The molecule has 1 aliphatic rings. The number of benzene rings is 2. The summed E-state index contributed by atoms with van der Waals surface area (Å²) in [5.41, 5.74) is 3.42. The molecular formula is C23H20F3N3OS. The van der Waals surface area contributed by atoms with Gasteiger partial charge in [0.2, 0.25) is 0 Å². The Kier molecular flexibility index (Phi) is 5.82. The number of carbonyl (C=O) groups is 1. The topological polar surface area (TPSA) is 44.7 Å². The summed E-state index contributed by atoms with van der Waals surface area (Å²) >= 11 is 1.61. The van der Waals surface area contributed by atoms with Crippen LogP contribution in [0.15, 0.2) is 70.3 Å². The van der Waals surface area contributed by atoms with Crippen LogP contribution in [0.5, 0.6) is 0 Å². The lowest BCUT2D eigenvalue weighted by atomic mass is 10.0. The first-order valence-electron chi connectivity index (χ1n) is 9.69. The number of thiophene rings is 1. The second-order valence-corrected chi connectivity index (χ2v) is 8.05. The van der Waals surface area contributed by atoms with Crippen molar-refractivity contribution in [3.05, 3.63) is 87.6 Å². The maximum absolute atomic E-state index is 12.7. The van der Waals surface area contributed by atoms with E-state index in [0.29, 0.717) is 13.1 Å². The molecule has 0 saturated carbocycles. The lowest BCUT2D eigenvalue weighted by Crippen LogP contribution is -2.43. The Balaban J connectivity index is 1.51. The maximum Gasteiger partial charge on any atom is 0.416 e. The number of anilines is 1. The highest BCUT2D eigenvalue weighted by Crippen LogP contribution is 2.30. The van der Waals surface area contributed by atoms with Crippen molar-refractivity contribution in [3.8, 4) is 0 Å². The van der Waals surface area contributed by atoms with Crippen LogP contribution >= 0.6 is 11.3 Å². The fourth-order valence-electron chi connectivity index (χ4n) is 3.55. The molecule has 1 aromatic heterocycles. The van der Waals surface area contributed by atoms with Crippen LogP contribution < -0.4 is 10.2 Å². The van der Waals surface area contributed by atoms with Gasteiger partial charge >= 0.3 is 6.18 Å². The van der Waals surface area contributed by atoms with Gasteiger partial charge in [-0.25, -0.2) is 0 Å². The fourth-order valence-corrected chi connectivity index (χ4v) is 4.19. The highest BCUT2D eigenvalue weighted by molar-refractivity contribution is 7.08. The second-order valence-electron chi connectivity index (χ2n) is 7.27. The van der Waals surface area contributed by atoms with Gasteiger partial charge in [0.25, 0.3) is 5.91 Å². The van der Waals surface area contributed by atoms with E-state index in [1.54, 1.807) is 11.3 Å². The van der Waals surface area contributed by atoms with E-state index in [1.165, 1.54) is 12.1 Å². The van der Waals surface area contributed by atoms with E-state index in [0.717, 1.165) is 34.7 Å². The van der Waals surface area contributed by atoms with Crippen molar-refractivity contribution in [1.82, 2.24) is 5.32 Å². The number of amides is 1. The zero-order valence-corrected chi connectivity index (χ0v) is 17.5. The van der Waals surface area contributed by atoms with Gasteiger partial charge in [0.05, 0.1) is 23.9 Å². The Labute approximate surface area is 182 Å². The Morgan fingerprint density at radius 2 is 1.90 bits per heavy atom. The van der Waals surface area contributed by atoms with Crippen molar-refractivity contribution in [1.29, 1.82) is 0 Å². The number of likely N-dealkylation sites (N-methyl/N-ethyl adjacent to an activating group) is 1. The highest BCUT2D eigenvalue weighted by Gasteiger charge is 2.30.